The van der Waals surface area contributed by atoms with E-state index in [2.05, 4.69) is 6.58 Å². The Morgan fingerprint density at radius 2 is 1.83 bits per heavy atom. The Hall–Kier alpha value is -1.44. The van der Waals surface area contributed by atoms with Crippen LogP contribution in [-0.4, -0.2) is 11.6 Å². The molecule has 0 fully saturated rings. The SMILES string of the molecule is C=C(C)C1=CC(=O)C(C)=CC1=O. The third-order valence-electron chi connectivity index (χ3n) is 1.74. The predicted molar refractivity (Wildman–Crippen MR) is 46.7 cm³/mol. The van der Waals surface area contributed by atoms with Crippen LogP contribution in [0, 0.1) is 0 Å². The highest BCUT2D eigenvalue weighted by Crippen LogP contribution is 2.16. The Morgan fingerprint density at radius 3 is 2.33 bits per heavy atom. The summed E-state index contributed by atoms with van der Waals surface area (Å²) in [6, 6.07) is 0. The van der Waals surface area contributed by atoms with Gasteiger partial charge < -0.3 is 0 Å². The molecule has 1 rings (SSSR count). The van der Waals surface area contributed by atoms with E-state index in [0.717, 1.165) is 0 Å². The van der Waals surface area contributed by atoms with Crippen molar-refractivity contribution >= 4 is 11.6 Å². The molecule has 0 radical (unpaired) electrons. The molecular weight excluding hydrogens is 152 g/mol. The fourth-order valence-electron chi connectivity index (χ4n) is 0.995. The number of carbonyl (C=O) groups is 2. The summed E-state index contributed by atoms with van der Waals surface area (Å²) in [6.07, 6.45) is 2.70. The molecule has 0 aromatic heterocycles. The van der Waals surface area contributed by atoms with Crippen LogP contribution >= 0.6 is 0 Å². The zero-order valence-electron chi connectivity index (χ0n) is 7.18. The lowest BCUT2D eigenvalue weighted by molar-refractivity contribution is -0.115. The fourth-order valence-corrected chi connectivity index (χ4v) is 0.995. The average Bonchev–Trinajstić information content (AvgIpc) is 1.96. The molecule has 1 aliphatic carbocycles. The molecule has 0 aromatic rings. The Kier molecular flexibility index (Phi) is 2.09. The smallest absolute Gasteiger partial charge is 0.186 e. The van der Waals surface area contributed by atoms with Gasteiger partial charge in [0.05, 0.1) is 0 Å². The zero-order valence-corrected chi connectivity index (χ0v) is 7.18. The first-order chi connectivity index (χ1) is 5.52. The third kappa shape index (κ3) is 1.42. The van der Waals surface area contributed by atoms with Gasteiger partial charge in [0.15, 0.2) is 11.6 Å². The lowest BCUT2D eigenvalue weighted by Gasteiger charge is -2.08. The average molecular weight is 162 g/mol. The summed E-state index contributed by atoms with van der Waals surface area (Å²) in [5.74, 6) is -0.229. The van der Waals surface area contributed by atoms with Crippen molar-refractivity contribution in [1.29, 1.82) is 0 Å². The Labute approximate surface area is 71.3 Å². The summed E-state index contributed by atoms with van der Waals surface area (Å²) in [5.41, 5.74) is 1.55. The summed E-state index contributed by atoms with van der Waals surface area (Å²) in [5, 5.41) is 0. The van der Waals surface area contributed by atoms with E-state index in [1.165, 1.54) is 12.2 Å². The molecule has 0 saturated carbocycles. The van der Waals surface area contributed by atoms with Crippen molar-refractivity contribution in [3.63, 3.8) is 0 Å². The lowest BCUT2D eigenvalue weighted by Crippen LogP contribution is -2.11. The van der Waals surface area contributed by atoms with E-state index in [-0.39, 0.29) is 11.6 Å². The topological polar surface area (TPSA) is 34.1 Å². The second-order valence-corrected chi connectivity index (χ2v) is 2.89. The standard InChI is InChI=1S/C10H10O2/c1-6(2)8-5-9(11)7(3)4-10(8)12/h4-5H,1H2,2-3H3. The Balaban J connectivity index is 3.09. The van der Waals surface area contributed by atoms with Crippen LogP contribution in [0.25, 0.3) is 0 Å². The van der Waals surface area contributed by atoms with Crippen LogP contribution in [0.15, 0.2) is 35.5 Å². The molecule has 2 nitrogen and oxygen atoms in total. The molecule has 12 heavy (non-hydrogen) atoms. The lowest BCUT2D eigenvalue weighted by atomic mass is 9.94. The maximum absolute atomic E-state index is 11.2. The minimum Gasteiger partial charge on any atom is -0.290 e. The monoisotopic (exact) mass is 162 g/mol. The normalized spacial score (nSPS) is 17.2. The molecule has 0 saturated heterocycles. The van der Waals surface area contributed by atoms with E-state index >= 15 is 0 Å². The van der Waals surface area contributed by atoms with Crippen molar-refractivity contribution in [2.45, 2.75) is 13.8 Å². The largest absolute Gasteiger partial charge is 0.290 e. The molecule has 62 valence electrons. The van der Waals surface area contributed by atoms with Gasteiger partial charge >= 0.3 is 0 Å². The maximum atomic E-state index is 11.2. The van der Waals surface area contributed by atoms with Gasteiger partial charge in [0.2, 0.25) is 0 Å². The van der Waals surface area contributed by atoms with Crippen LogP contribution in [0.3, 0.4) is 0 Å². The molecule has 0 bridgehead atoms. The van der Waals surface area contributed by atoms with Crippen molar-refractivity contribution in [2.75, 3.05) is 0 Å². The molecule has 0 N–H and O–H groups in total. The van der Waals surface area contributed by atoms with E-state index in [1.807, 2.05) is 0 Å². The number of carbonyl (C=O) groups excluding carboxylic acids is 2. The maximum Gasteiger partial charge on any atom is 0.186 e. The molecule has 0 aromatic carbocycles. The Morgan fingerprint density at radius 1 is 1.25 bits per heavy atom. The summed E-state index contributed by atoms with van der Waals surface area (Å²) in [7, 11) is 0. The molecule has 0 unspecified atom stereocenters. The van der Waals surface area contributed by atoms with Gasteiger partial charge in [-0.2, -0.15) is 0 Å². The second-order valence-electron chi connectivity index (χ2n) is 2.89. The van der Waals surface area contributed by atoms with Crippen molar-refractivity contribution < 1.29 is 9.59 Å². The van der Waals surface area contributed by atoms with Crippen LogP contribution in [0.4, 0.5) is 0 Å². The van der Waals surface area contributed by atoms with Crippen LogP contribution in [0.1, 0.15) is 13.8 Å². The quantitative estimate of drug-likeness (QED) is 0.548. The van der Waals surface area contributed by atoms with Gasteiger partial charge in [0.1, 0.15) is 0 Å². The van der Waals surface area contributed by atoms with E-state index in [4.69, 9.17) is 0 Å². The molecule has 0 spiro atoms. The number of ketones is 2. The zero-order chi connectivity index (χ0) is 9.30. The van der Waals surface area contributed by atoms with Crippen LogP contribution in [0.5, 0.6) is 0 Å². The summed E-state index contributed by atoms with van der Waals surface area (Å²) in [6.45, 7) is 6.96. The molecule has 0 aliphatic heterocycles. The van der Waals surface area contributed by atoms with Crippen molar-refractivity contribution in [2.24, 2.45) is 0 Å². The summed E-state index contributed by atoms with van der Waals surface area (Å²) < 4.78 is 0. The van der Waals surface area contributed by atoms with Gasteiger partial charge in [-0.3, -0.25) is 9.59 Å². The highest BCUT2D eigenvalue weighted by molar-refractivity contribution is 6.21. The first-order valence-electron chi connectivity index (χ1n) is 3.67. The third-order valence-corrected chi connectivity index (χ3v) is 1.74. The van der Waals surface area contributed by atoms with Gasteiger partial charge in [0, 0.05) is 11.1 Å². The number of hydrogen-bond donors (Lipinski definition) is 0. The van der Waals surface area contributed by atoms with Gasteiger partial charge in [-0.25, -0.2) is 0 Å². The highest BCUT2D eigenvalue weighted by Gasteiger charge is 2.17. The molecular formula is C10H10O2. The number of hydrogen-bond acceptors (Lipinski definition) is 2. The molecule has 0 atom stereocenters. The van der Waals surface area contributed by atoms with Gasteiger partial charge in [-0.05, 0) is 31.6 Å². The summed E-state index contributed by atoms with van der Waals surface area (Å²) in [4.78, 5) is 22.4. The Bertz CT molecular complexity index is 330. The van der Waals surface area contributed by atoms with E-state index < -0.39 is 0 Å². The van der Waals surface area contributed by atoms with Crippen molar-refractivity contribution in [3.8, 4) is 0 Å². The van der Waals surface area contributed by atoms with E-state index in [0.29, 0.717) is 16.7 Å². The van der Waals surface area contributed by atoms with E-state index in [1.54, 1.807) is 13.8 Å². The molecule has 0 amide bonds. The first kappa shape index (κ1) is 8.65. The van der Waals surface area contributed by atoms with Crippen LogP contribution < -0.4 is 0 Å². The number of rotatable bonds is 1. The van der Waals surface area contributed by atoms with Crippen LogP contribution in [-0.2, 0) is 9.59 Å². The molecule has 0 heterocycles. The minimum atomic E-state index is -0.125. The second kappa shape index (κ2) is 2.89. The highest BCUT2D eigenvalue weighted by atomic mass is 16.1. The van der Waals surface area contributed by atoms with Gasteiger partial charge in [0.25, 0.3) is 0 Å². The van der Waals surface area contributed by atoms with Gasteiger partial charge in [-0.1, -0.05) is 6.58 Å². The number of allylic oxidation sites excluding steroid dienone is 5. The first-order valence-corrected chi connectivity index (χ1v) is 3.67. The molecule has 1 aliphatic rings. The van der Waals surface area contributed by atoms with E-state index in [9.17, 15) is 9.59 Å². The molecule has 2 heteroatoms. The predicted octanol–water partition coefficient (Wildman–Crippen LogP) is 1.59. The van der Waals surface area contributed by atoms with Crippen molar-refractivity contribution in [3.05, 3.63) is 35.5 Å². The van der Waals surface area contributed by atoms with Crippen molar-refractivity contribution in [1.82, 2.24) is 0 Å². The minimum absolute atomic E-state index is 0.104. The summed E-state index contributed by atoms with van der Waals surface area (Å²) >= 11 is 0. The van der Waals surface area contributed by atoms with Gasteiger partial charge in [-0.15, -0.1) is 0 Å². The van der Waals surface area contributed by atoms with Crippen LogP contribution in [0.2, 0.25) is 0 Å². The fraction of sp³-hybridized carbons (Fsp3) is 0.200.